The van der Waals surface area contributed by atoms with Crippen LogP contribution in [0.25, 0.3) is 0 Å². The van der Waals surface area contributed by atoms with Crippen LogP contribution in [-0.4, -0.2) is 11.5 Å². The summed E-state index contributed by atoms with van der Waals surface area (Å²) in [6, 6.07) is 3.59. The normalized spacial score (nSPS) is 8.92. The molecule has 0 spiro atoms. The minimum atomic E-state index is 0.648. The summed E-state index contributed by atoms with van der Waals surface area (Å²) in [7, 11) is 0. The van der Waals surface area contributed by atoms with Crippen molar-refractivity contribution in [2.75, 3.05) is 17.6 Å². The van der Waals surface area contributed by atoms with E-state index in [1.807, 2.05) is 0 Å². The van der Waals surface area contributed by atoms with Crippen molar-refractivity contribution < 1.29 is 0 Å². The SMILES string of the molecule is C#CCCNc1ncccc1N. The first-order valence-corrected chi connectivity index (χ1v) is 3.72. The van der Waals surface area contributed by atoms with Crippen molar-refractivity contribution >= 4 is 11.5 Å². The van der Waals surface area contributed by atoms with Crippen molar-refractivity contribution in [2.45, 2.75) is 6.42 Å². The highest BCUT2D eigenvalue weighted by Crippen LogP contribution is 2.12. The topological polar surface area (TPSA) is 50.9 Å². The van der Waals surface area contributed by atoms with Gasteiger partial charge in [-0.3, -0.25) is 0 Å². The second kappa shape index (κ2) is 4.24. The molecule has 0 bridgehead atoms. The summed E-state index contributed by atoms with van der Waals surface area (Å²) in [4.78, 5) is 4.05. The first-order chi connectivity index (χ1) is 5.84. The van der Waals surface area contributed by atoms with Crippen molar-refractivity contribution in [3.8, 4) is 12.3 Å². The number of nitrogens with one attached hydrogen (secondary N) is 1. The van der Waals surface area contributed by atoms with Crippen molar-refractivity contribution in [1.29, 1.82) is 0 Å². The van der Waals surface area contributed by atoms with E-state index in [1.54, 1.807) is 18.3 Å². The molecule has 0 aliphatic rings. The second-order valence-corrected chi connectivity index (χ2v) is 2.32. The number of nitrogen functional groups attached to an aromatic ring is 1. The molecular formula is C9H11N3. The van der Waals surface area contributed by atoms with Crippen LogP contribution < -0.4 is 11.1 Å². The first kappa shape index (κ1) is 8.41. The summed E-state index contributed by atoms with van der Waals surface area (Å²) in [5, 5.41) is 3.04. The molecule has 0 radical (unpaired) electrons. The van der Waals surface area contributed by atoms with Gasteiger partial charge in [-0.1, -0.05) is 0 Å². The Morgan fingerprint density at radius 2 is 2.50 bits per heavy atom. The standard InChI is InChI=1S/C9H11N3/c1-2-3-6-11-9-8(10)5-4-7-12-9/h1,4-5,7H,3,6,10H2,(H,11,12). The monoisotopic (exact) mass is 161 g/mol. The lowest BCUT2D eigenvalue weighted by Gasteiger charge is -2.04. The van der Waals surface area contributed by atoms with Crippen LogP contribution in [0.5, 0.6) is 0 Å². The Morgan fingerprint density at radius 1 is 1.67 bits per heavy atom. The Kier molecular flexibility index (Phi) is 2.97. The van der Waals surface area contributed by atoms with Gasteiger partial charge in [0.2, 0.25) is 0 Å². The molecule has 1 aromatic heterocycles. The number of hydrogen-bond donors (Lipinski definition) is 2. The van der Waals surface area contributed by atoms with E-state index in [0.717, 1.165) is 0 Å². The summed E-state index contributed by atoms with van der Waals surface area (Å²) in [5.74, 6) is 3.23. The van der Waals surface area contributed by atoms with Gasteiger partial charge in [0.15, 0.2) is 0 Å². The van der Waals surface area contributed by atoms with Crippen LogP contribution >= 0.6 is 0 Å². The summed E-state index contributed by atoms with van der Waals surface area (Å²) >= 11 is 0. The lowest BCUT2D eigenvalue weighted by atomic mass is 10.4. The molecule has 3 nitrogen and oxygen atoms in total. The molecular weight excluding hydrogens is 150 g/mol. The maximum atomic E-state index is 5.63. The quantitative estimate of drug-likeness (QED) is 0.515. The maximum Gasteiger partial charge on any atom is 0.149 e. The highest BCUT2D eigenvalue weighted by molar-refractivity contribution is 5.60. The van der Waals surface area contributed by atoms with Gasteiger partial charge >= 0.3 is 0 Å². The smallest absolute Gasteiger partial charge is 0.149 e. The zero-order valence-corrected chi connectivity index (χ0v) is 6.75. The van der Waals surface area contributed by atoms with E-state index in [-0.39, 0.29) is 0 Å². The maximum absolute atomic E-state index is 5.63. The highest BCUT2D eigenvalue weighted by atomic mass is 15.0. The van der Waals surface area contributed by atoms with Gasteiger partial charge in [0.25, 0.3) is 0 Å². The molecule has 1 heterocycles. The van der Waals surface area contributed by atoms with Crippen LogP contribution in [0, 0.1) is 12.3 Å². The average molecular weight is 161 g/mol. The Bertz CT molecular complexity index is 288. The predicted molar refractivity (Wildman–Crippen MR) is 50.6 cm³/mol. The van der Waals surface area contributed by atoms with Gasteiger partial charge in [-0.2, -0.15) is 0 Å². The summed E-state index contributed by atoms with van der Waals surface area (Å²) < 4.78 is 0. The number of nitrogens with two attached hydrogens (primary N) is 1. The zero-order valence-electron chi connectivity index (χ0n) is 6.75. The molecule has 0 amide bonds. The fourth-order valence-electron chi connectivity index (χ4n) is 0.819. The molecule has 1 rings (SSSR count). The van der Waals surface area contributed by atoms with E-state index in [9.17, 15) is 0 Å². The van der Waals surface area contributed by atoms with E-state index in [4.69, 9.17) is 12.2 Å². The van der Waals surface area contributed by atoms with Crippen molar-refractivity contribution in [3.63, 3.8) is 0 Å². The summed E-state index contributed by atoms with van der Waals surface area (Å²) in [6.07, 6.45) is 7.45. The zero-order chi connectivity index (χ0) is 8.81. The van der Waals surface area contributed by atoms with Crippen molar-refractivity contribution in [3.05, 3.63) is 18.3 Å². The molecule has 3 heteroatoms. The van der Waals surface area contributed by atoms with Crippen LogP contribution in [0.1, 0.15) is 6.42 Å². The van der Waals surface area contributed by atoms with Gasteiger partial charge in [0, 0.05) is 19.2 Å². The third-order valence-electron chi connectivity index (χ3n) is 1.40. The van der Waals surface area contributed by atoms with E-state index < -0.39 is 0 Å². The fourth-order valence-corrected chi connectivity index (χ4v) is 0.819. The minimum Gasteiger partial charge on any atom is -0.396 e. The number of terminal acetylenes is 1. The van der Waals surface area contributed by atoms with Gasteiger partial charge in [-0.25, -0.2) is 4.98 Å². The van der Waals surface area contributed by atoms with E-state index >= 15 is 0 Å². The third-order valence-corrected chi connectivity index (χ3v) is 1.40. The summed E-state index contributed by atoms with van der Waals surface area (Å²) in [5.41, 5.74) is 6.27. The van der Waals surface area contributed by atoms with Crippen LogP contribution in [0.2, 0.25) is 0 Å². The number of aromatic nitrogens is 1. The average Bonchev–Trinajstić information content (AvgIpc) is 2.09. The Balaban J connectivity index is 2.53. The van der Waals surface area contributed by atoms with Crippen LogP contribution in [0.15, 0.2) is 18.3 Å². The Hall–Kier alpha value is -1.69. The van der Waals surface area contributed by atoms with Crippen LogP contribution in [0.4, 0.5) is 11.5 Å². The lowest BCUT2D eigenvalue weighted by Crippen LogP contribution is -2.04. The molecule has 0 saturated heterocycles. The molecule has 0 unspecified atom stereocenters. The highest BCUT2D eigenvalue weighted by Gasteiger charge is 1.95. The van der Waals surface area contributed by atoms with E-state index in [2.05, 4.69) is 16.2 Å². The summed E-state index contributed by atoms with van der Waals surface area (Å²) in [6.45, 7) is 0.706. The minimum absolute atomic E-state index is 0.648. The van der Waals surface area contributed by atoms with Gasteiger partial charge < -0.3 is 11.1 Å². The van der Waals surface area contributed by atoms with E-state index in [1.165, 1.54) is 0 Å². The van der Waals surface area contributed by atoms with Crippen molar-refractivity contribution in [1.82, 2.24) is 4.98 Å². The number of anilines is 2. The molecule has 1 aromatic rings. The fraction of sp³-hybridized carbons (Fsp3) is 0.222. The number of hydrogen-bond acceptors (Lipinski definition) is 3. The largest absolute Gasteiger partial charge is 0.396 e. The number of pyridine rings is 1. The van der Waals surface area contributed by atoms with Gasteiger partial charge in [0.05, 0.1) is 5.69 Å². The second-order valence-electron chi connectivity index (χ2n) is 2.32. The molecule has 62 valence electrons. The number of rotatable bonds is 3. The Labute approximate surface area is 72.0 Å². The molecule has 0 atom stereocenters. The first-order valence-electron chi connectivity index (χ1n) is 3.72. The van der Waals surface area contributed by atoms with Crippen LogP contribution in [-0.2, 0) is 0 Å². The van der Waals surface area contributed by atoms with Gasteiger partial charge in [0.1, 0.15) is 5.82 Å². The van der Waals surface area contributed by atoms with Gasteiger partial charge in [-0.15, -0.1) is 12.3 Å². The van der Waals surface area contributed by atoms with Crippen LogP contribution in [0.3, 0.4) is 0 Å². The molecule has 0 fully saturated rings. The molecule has 3 N–H and O–H groups in total. The molecule has 0 aliphatic carbocycles. The molecule has 0 aliphatic heterocycles. The van der Waals surface area contributed by atoms with Gasteiger partial charge in [-0.05, 0) is 12.1 Å². The number of nitrogens with zero attached hydrogens (tertiary/aromatic N) is 1. The lowest BCUT2D eigenvalue weighted by molar-refractivity contribution is 1.08. The third kappa shape index (κ3) is 2.17. The molecule has 0 saturated carbocycles. The predicted octanol–water partition coefficient (Wildman–Crippen LogP) is 1.10. The van der Waals surface area contributed by atoms with Crippen molar-refractivity contribution in [2.24, 2.45) is 0 Å². The molecule has 12 heavy (non-hydrogen) atoms. The Morgan fingerprint density at radius 3 is 3.17 bits per heavy atom. The van der Waals surface area contributed by atoms with E-state index in [0.29, 0.717) is 24.5 Å². The molecule has 0 aromatic carbocycles.